The van der Waals surface area contributed by atoms with Gasteiger partial charge in [0.15, 0.2) is 4.21 Å². The molecule has 0 aliphatic heterocycles. The lowest BCUT2D eigenvalue weighted by molar-refractivity contribution is 0.0596. The zero-order valence-electron chi connectivity index (χ0n) is 14.1. The van der Waals surface area contributed by atoms with Gasteiger partial charge >= 0.3 is 11.9 Å². The summed E-state index contributed by atoms with van der Waals surface area (Å²) in [6.45, 7) is 3.05. The molecule has 2 rings (SSSR count). The molecule has 140 valence electrons. The third-order valence-corrected chi connectivity index (χ3v) is 7.22. The number of thiophene rings is 1. The number of methoxy groups -OCH3 is 2. The maximum Gasteiger partial charge on any atom is 0.348 e. The Kier molecular flexibility index (Phi) is 5.78. The highest BCUT2D eigenvalue weighted by atomic mass is 32.2. The number of amides is 1. The van der Waals surface area contributed by atoms with Crippen molar-refractivity contribution in [3.63, 3.8) is 0 Å². The summed E-state index contributed by atoms with van der Waals surface area (Å²) in [6, 6.07) is 0. The number of nitrogens with one attached hydrogen (secondary N) is 1. The van der Waals surface area contributed by atoms with Gasteiger partial charge in [-0.1, -0.05) is 0 Å². The minimum absolute atomic E-state index is 0.0747. The van der Waals surface area contributed by atoms with Crippen LogP contribution in [-0.4, -0.2) is 45.5 Å². The second kappa shape index (κ2) is 7.51. The highest BCUT2D eigenvalue weighted by Crippen LogP contribution is 2.33. The molecule has 1 N–H and O–H groups in total. The number of hydrogen-bond donors (Lipinski definition) is 1. The molecule has 0 atom stereocenters. The van der Waals surface area contributed by atoms with Crippen molar-refractivity contribution < 1.29 is 32.3 Å². The van der Waals surface area contributed by atoms with Gasteiger partial charge in [-0.2, -0.15) is 0 Å². The predicted molar refractivity (Wildman–Crippen MR) is 93.2 cm³/mol. The molecule has 1 amide bonds. The number of ether oxygens (including phenoxy) is 2. The minimum atomic E-state index is -4.44. The van der Waals surface area contributed by atoms with E-state index < -0.39 is 32.1 Å². The molecule has 12 heteroatoms. The van der Waals surface area contributed by atoms with Crippen molar-refractivity contribution in [3.8, 4) is 0 Å². The van der Waals surface area contributed by atoms with E-state index in [0.29, 0.717) is 16.3 Å². The Morgan fingerprint density at radius 3 is 2.19 bits per heavy atom. The minimum Gasteiger partial charge on any atom is -0.465 e. The molecule has 26 heavy (non-hydrogen) atoms. The number of hydrogen-bond acceptors (Lipinski definition) is 10. The largest absolute Gasteiger partial charge is 0.465 e. The average Bonchev–Trinajstić information content (AvgIpc) is 3.17. The first-order valence-electron chi connectivity index (χ1n) is 6.92. The van der Waals surface area contributed by atoms with Crippen LogP contribution < -0.4 is 4.72 Å². The number of aromatic nitrogens is 1. The number of rotatable bonds is 5. The van der Waals surface area contributed by atoms with Gasteiger partial charge in [-0.05, 0) is 19.4 Å². The van der Waals surface area contributed by atoms with Crippen LogP contribution in [0.1, 0.15) is 40.3 Å². The second-order valence-corrected chi connectivity index (χ2v) is 9.01. The van der Waals surface area contributed by atoms with Crippen LogP contribution in [0.5, 0.6) is 0 Å². The van der Waals surface area contributed by atoms with E-state index in [9.17, 15) is 22.8 Å². The van der Waals surface area contributed by atoms with Gasteiger partial charge in [0.1, 0.15) is 9.75 Å². The number of carbonyl (C=O) groups excluding carboxylic acids is 3. The Bertz CT molecular complexity index is 988. The number of nitrogens with zero attached hydrogens (tertiary/aromatic N) is 1. The van der Waals surface area contributed by atoms with Crippen molar-refractivity contribution in [1.82, 2.24) is 9.71 Å². The Hall–Kier alpha value is -2.31. The molecule has 2 aromatic rings. The fourth-order valence-corrected chi connectivity index (χ4v) is 5.44. The maximum atomic E-state index is 12.6. The van der Waals surface area contributed by atoms with Crippen LogP contribution >= 0.6 is 22.7 Å². The predicted octanol–water partition coefficient (Wildman–Crippen LogP) is 1.51. The molecule has 0 aromatic carbocycles. The van der Waals surface area contributed by atoms with Crippen LogP contribution in [0.2, 0.25) is 0 Å². The van der Waals surface area contributed by atoms with Gasteiger partial charge in [0.05, 0.1) is 31.0 Å². The Balaban J connectivity index is 2.52. The summed E-state index contributed by atoms with van der Waals surface area (Å²) in [5.41, 5.74) is -0.228. The van der Waals surface area contributed by atoms with E-state index in [4.69, 9.17) is 0 Å². The lowest BCUT2D eigenvalue weighted by atomic mass is 10.2. The molecule has 0 aliphatic carbocycles. The van der Waals surface area contributed by atoms with Crippen LogP contribution in [0.15, 0.2) is 10.4 Å². The summed E-state index contributed by atoms with van der Waals surface area (Å²) >= 11 is 1.54. The fraction of sp³-hybridized carbons (Fsp3) is 0.286. The summed E-state index contributed by atoms with van der Waals surface area (Å²) in [6.07, 6.45) is 1.24. The van der Waals surface area contributed by atoms with E-state index in [2.05, 4.69) is 14.5 Å². The van der Waals surface area contributed by atoms with Gasteiger partial charge in [0, 0.05) is 0 Å². The highest BCUT2D eigenvalue weighted by molar-refractivity contribution is 7.92. The van der Waals surface area contributed by atoms with Gasteiger partial charge in [-0.25, -0.2) is 27.7 Å². The maximum absolute atomic E-state index is 12.6. The summed E-state index contributed by atoms with van der Waals surface area (Å²) in [5.74, 6) is -2.64. The summed E-state index contributed by atoms with van der Waals surface area (Å²) in [7, 11) is -2.24. The molecule has 0 unspecified atom stereocenters. The Morgan fingerprint density at radius 2 is 1.69 bits per heavy atom. The third-order valence-electron chi connectivity index (χ3n) is 3.19. The SMILES string of the molecule is COC(=O)c1sc(S(=O)(=O)NC(=O)c2cnc(C)s2)c(C(=O)OC)c1C. The van der Waals surface area contributed by atoms with Crippen molar-refractivity contribution in [2.45, 2.75) is 18.1 Å². The first-order chi connectivity index (χ1) is 12.1. The van der Waals surface area contributed by atoms with Gasteiger partial charge in [0.25, 0.3) is 15.9 Å². The van der Waals surface area contributed by atoms with Gasteiger partial charge in [-0.15, -0.1) is 22.7 Å². The molecule has 2 aromatic heterocycles. The average molecular weight is 418 g/mol. The quantitative estimate of drug-likeness (QED) is 0.724. The van der Waals surface area contributed by atoms with Gasteiger partial charge < -0.3 is 9.47 Å². The molecule has 0 bridgehead atoms. The molecule has 2 heterocycles. The standard InChI is InChI=1S/C14H14N2O7S3/c1-6-9(12(18)22-3)14(25-10(6)13(19)23-4)26(20,21)16-11(17)8-5-15-7(2)24-8/h5H,1-4H3,(H,16,17). The molecule has 0 aliphatic rings. The summed E-state index contributed by atoms with van der Waals surface area (Å²) < 4.78 is 35.9. The van der Waals surface area contributed by atoms with Crippen LogP contribution in [0.3, 0.4) is 0 Å². The van der Waals surface area contributed by atoms with Crippen molar-refractivity contribution in [2.24, 2.45) is 0 Å². The highest BCUT2D eigenvalue weighted by Gasteiger charge is 2.33. The topological polar surface area (TPSA) is 129 Å². The van der Waals surface area contributed by atoms with E-state index in [1.54, 1.807) is 6.92 Å². The van der Waals surface area contributed by atoms with E-state index in [1.807, 2.05) is 4.72 Å². The molecule has 0 spiro atoms. The van der Waals surface area contributed by atoms with Gasteiger partial charge in [0.2, 0.25) is 0 Å². The van der Waals surface area contributed by atoms with E-state index in [0.717, 1.165) is 25.6 Å². The molecular weight excluding hydrogens is 404 g/mol. The van der Waals surface area contributed by atoms with Crippen LogP contribution in [-0.2, 0) is 19.5 Å². The number of thiazole rings is 1. The molecule has 0 saturated heterocycles. The molecule has 9 nitrogen and oxygen atoms in total. The summed E-state index contributed by atoms with van der Waals surface area (Å²) in [4.78, 5) is 39.9. The van der Waals surface area contributed by atoms with Crippen molar-refractivity contribution >= 4 is 50.5 Å². The zero-order chi connectivity index (χ0) is 19.6. The van der Waals surface area contributed by atoms with E-state index in [1.165, 1.54) is 13.1 Å². The summed E-state index contributed by atoms with van der Waals surface area (Å²) in [5, 5.41) is 0.586. The lowest BCUT2D eigenvalue weighted by Gasteiger charge is -2.06. The van der Waals surface area contributed by atoms with Crippen LogP contribution in [0, 0.1) is 13.8 Å². The zero-order valence-corrected chi connectivity index (χ0v) is 16.6. The first-order valence-corrected chi connectivity index (χ1v) is 10.0. The molecular formula is C14H14N2O7S3. The lowest BCUT2D eigenvalue weighted by Crippen LogP contribution is -2.30. The number of esters is 2. The second-order valence-electron chi connectivity index (χ2n) is 4.88. The Labute approximate surface area is 157 Å². The van der Waals surface area contributed by atoms with Crippen molar-refractivity contribution in [3.05, 3.63) is 32.1 Å². The van der Waals surface area contributed by atoms with E-state index >= 15 is 0 Å². The van der Waals surface area contributed by atoms with Crippen LogP contribution in [0.25, 0.3) is 0 Å². The number of sulfonamides is 1. The first kappa shape index (κ1) is 20.0. The smallest absolute Gasteiger partial charge is 0.348 e. The third kappa shape index (κ3) is 3.76. The van der Waals surface area contributed by atoms with Gasteiger partial charge in [-0.3, -0.25) is 4.79 Å². The number of carbonyl (C=O) groups is 3. The number of aryl methyl sites for hydroxylation is 1. The fourth-order valence-electron chi connectivity index (χ4n) is 1.99. The van der Waals surface area contributed by atoms with Crippen molar-refractivity contribution in [1.29, 1.82) is 0 Å². The normalized spacial score (nSPS) is 11.1. The van der Waals surface area contributed by atoms with Crippen LogP contribution in [0.4, 0.5) is 0 Å². The Morgan fingerprint density at radius 1 is 1.08 bits per heavy atom. The monoisotopic (exact) mass is 418 g/mol. The molecule has 0 radical (unpaired) electrons. The van der Waals surface area contributed by atoms with Crippen molar-refractivity contribution in [2.75, 3.05) is 14.2 Å². The molecule has 0 fully saturated rings. The van der Waals surface area contributed by atoms with E-state index in [-0.39, 0.29) is 20.9 Å². The molecule has 0 saturated carbocycles.